The Morgan fingerprint density at radius 3 is 2.58 bits per heavy atom. The third kappa shape index (κ3) is 2.34. The van der Waals surface area contributed by atoms with Gasteiger partial charge in [0, 0.05) is 5.56 Å². The largest absolute Gasteiger partial charge is 0.432 e. The molecular formula is C16H14FN3O4. The van der Waals surface area contributed by atoms with Gasteiger partial charge in [-0.25, -0.2) is 14.1 Å². The van der Waals surface area contributed by atoms with Crippen LogP contribution >= 0.6 is 0 Å². The summed E-state index contributed by atoms with van der Waals surface area (Å²) in [5, 5.41) is 3.78. The molecule has 1 aliphatic heterocycles. The molecule has 0 unspecified atom stereocenters. The zero-order valence-corrected chi connectivity index (χ0v) is 12.7. The highest BCUT2D eigenvalue weighted by Crippen LogP contribution is 2.39. The molecule has 8 heteroatoms. The van der Waals surface area contributed by atoms with Crippen molar-refractivity contribution in [2.45, 2.75) is 37.8 Å². The maximum atomic E-state index is 12.9. The molecule has 4 rings (SSSR count). The number of aromatic nitrogens is 2. The van der Waals surface area contributed by atoms with E-state index in [1.165, 1.54) is 24.3 Å². The fourth-order valence-corrected chi connectivity index (χ4v) is 3.16. The summed E-state index contributed by atoms with van der Waals surface area (Å²) >= 11 is 0. The Balaban J connectivity index is 1.53. The fraction of sp³-hybridized carbons (Fsp3) is 0.375. The van der Waals surface area contributed by atoms with Gasteiger partial charge in [0.1, 0.15) is 5.82 Å². The lowest BCUT2D eigenvalue weighted by molar-refractivity contribution is -0.136. The Morgan fingerprint density at radius 1 is 1.17 bits per heavy atom. The second-order valence-electron chi connectivity index (χ2n) is 5.98. The lowest BCUT2D eigenvalue weighted by atomic mass is 10.0. The lowest BCUT2D eigenvalue weighted by Gasteiger charge is -2.17. The normalized spacial score (nSPS) is 19.3. The number of hydrogen-bond donors (Lipinski definition) is 0. The molecule has 0 bridgehead atoms. The number of imide groups is 1. The molecule has 0 radical (unpaired) electrons. The average molecular weight is 331 g/mol. The molecule has 2 fully saturated rings. The molecule has 2 amide bonds. The minimum Gasteiger partial charge on any atom is -0.432 e. The third-order valence-electron chi connectivity index (χ3n) is 4.41. The zero-order chi connectivity index (χ0) is 16.7. The second-order valence-corrected chi connectivity index (χ2v) is 5.98. The Kier molecular flexibility index (Phi) is 3.33. The van der Waals surface area contributed by atoms with Gasteiger partial charge in [-0.3, -0.25) is 4.79 Å². The monoisotopic (exact) mass is 331 g/mol. The zero-order valence-electron chi connectivity index (χ0n) is 12.7. The van der Waals surface area contributed by atoms with Crippen LogP contribution in [0.25, 0.3) is 11.5 Å². The van der Waals surface area contributed by atoms with Gasteiger partial charge in [-0.2, -0.15) is 4.98 Å². The quantitative estimate of drug-likeness (QED) is 0.859. The molecule has 1 aromatic heterocycles. The van der Waals surface area contributed by atoms with Crippen molar-refractivity contribution in [2.24, 2.45) is 0 Å². The van der Waals surface area contributed by atoms with E-state index in [-0.39, 0.29) is 30.0 Å². The van der Waals surface area contributed by atoms with Gasteiger partial charge in [-0.05, 0) is 49.9 Å². The van der Waals surface area contributed by atoms with Crippen molar-refractivity contribution in [3.8, 4) is 11.5 Å². The summed E-state index contributed by atoms with van der Waals surface area (Å²) in [7, 11) is 0. The van der Waals surface area contributed by atoms with Crippen LogP contribution < -0.4 is 0 Å². The van der Waals surface area contributed by atoms with Gasteiger partial charge < -0.3 is 9.26 Å². The number of halogens is 1. The van der Waals surface area contributed by atoms with Crippen molar-refractivity contribution in [1.29, 1.82) is 0 Å². The van der Waals surface area contributed by atoms with Gasteiger partial charge in [0.15, 0.2) is 11.4 Å². The number of carbonyl (C=O) groups is 2. The Hall–Kier alpha value is -2.77. The van der Waals surface area contributed by atoms with Crippen LogP contribution in [0.3, 0.4) is 0 Å². The molecule has 124 valence electrons. The van der Waals surface area contributed by atoms with E-state index in [2.05, 4.69) is 10.1 Å². The first-order valence-electron chi connectivity index (χ1n) is 7.71. The molecule has 2 aromatic rings. The molecular weight excluding hydrogens is 317 g/mol. The average Bonchev–Trinajstić information content (AvgIpc) is 3.27. The van der Waals surface area contributed by atoms with Crippen LogP contribution in [0.4, 0.5) is 9.18 Å². The molecule has 0 N–H and O–H groups in total. The van der Waals surface area contributed by atoms with E-state index in [1.807, 2.05) is 0 Å². The number of nitrogens with zero attached hydrogens (tertiary/aromatic N) is 3. The van der Waals surface area contributed by atoms with Crippen molar-refractivity contribution in [3.63, 3.8) is 0 Å². The highest BCUT2D eigenvalue weighted by molar-refractivity contribution is 6.02. The standard InChI is InChI=1S/C16H14FN3O4/c17-11-5-3-10(4-6-11)13-18-12(19-24-13)9-20-14(21)16(23-15(20)22)7-1-2-8-16/h3-6H,1-2,7-9H2. The number of rotatable bonds is 3. The SMILES string of the molecule is O=C1OC2(CCCC2)C(=O)N1Cc1noc(-c2ccc(F)cc2)n1. The number of carbonyl (C=O) groups excluding carboxylic acids is 2. The molecule has 1 aromatic carbocycles. The van der Waals surface area contributed by atoms with Crippen LogP contribution in [-0.2, 0) is 16.1 Å². The first-order chi connectivity index (χ1) is 11.6. The van der Waals surface area contributed by atoms with Crippen molar-refractivity contribution in [1.82, 2.24) is 15.0 Å². The molecule has 1 saturated carbocycles. The van der Waals surface area contributed by atoms with Gasteiger partial charge in [-0.15, -0.1) is 0 Å². The highest BCUT2D eigenvalue weighted by atomic mass is 19.1. The smallest absolute Gasteiger partial charge is 0.418 e. The predicted molar refractivity (Wildman–Crippen MR) is 77.9 cm³/mol. The maximum Gasteiger partial charge on any atom is 0.418 e. The summed E-state index contributed by atoms with van der Waals surface area (Å²) in [6.07, 6.45) is 2.17. The van der Waals surface area contributed by atoms with Gasteiger partial charge in [-0.1, -0.05) is 5.16 Å². The molecule has 1 aliphatic carbocycles. The lowest BCUT2D eigenvalue weighted by Crippen LogP contribution is -2.38. The fourth-order valence-electron chi connectivity index (χ4n) is 3.16. The molecule has 2 aliphatic rings. The minimum atomic E-state index is -0.999. The summed E-state index contributed by atoms with van der Waals surface area (Å²) in [6, 6.07) is 5.58. The van der Waals surface area contributed by atoms with Crippen LogP contribution in [0, 0.1) is 5.82 Å². The maximum absolute atomic E-state index is 12.9. The summed E-state index contributed by atoms with van der Waals surface area (Å²) in [6.45, 7) is -0.107. The van der Waals surface area contributed by atoms with Crippen molar-refractivity contribution in [2.75, 3.05) is 0 Å². The van der Waals surface area contributed by atoms with Crippen LogP contribution in [0.2, 0.25) is 0 Å². The number of hydrogen-bond acceptors (Lipinski definition) is 6. The summed E-state index contributed by atoms with van der Waals surface area (Å²) in [5.41, 5.74) is -0.446. The van der Waals surface area contributed by atoms with Crippen molar-refractivity contribution >= 4 is 12.0 Å². The van der Waals surface area contributed by atoms with E-state index in [0.717, 1.165) is 17.7 Å². The molecule has 0 atom stereocenters. The highest BCUT2D eigenvalue weighted by Gasteiger charge is 2.55. The van der Waals surface area contributed by atoms with E-state index in [9.17, 15) is 14.0 Å². The summed E-state index contributed by atoms with van der Waals surface area (Å²) in [4.78, 5) is 29.7. The van der Waals surface area contributed by atoms with Gasteiger partial charge in [0.2, 0.25) is 0 Å². The van der Waals surface area contributed by atoms with E-state index in [4.69, 9.17) is 9.26 Å². The first-order valence-corrected chi connectivity index (χ1v) is 7.71. The summed E-state index contributed by atoms with van der Waals surface area (Å²) in [5.74, 6) is -0.320. The van der Waals surface area contributed by atoms with E-state index in [0.29, 0.717) is 18.4 Å². The molecule has 2 heterocycles. The number of benzene rings is 1. The third-order valence-corrected chi connectivity index (χ3v) is 4.41. The first kappa shape index (κ1) is 14.8. The Morgan fingerprint density at radius 2 is 1.88 bits per heavy atom. The van der Waals surface area contributed by atoms with E-state index < -0.39 is 11.7 Å². The van der Waals surface area contributed by atoms with Gasteiger partial charge in [0.05, 0.1) is 6.54 Å². The number of ether oxygens (including phenoxy) is 1. The molecule has 7 nitrogen and oxygen atoms in total. The molecule has 24 heavy (non-hydrogen) atoms. The van der Waals surface area contributed by atoms with E-state index >= 15 is 0 Å². The van der Waals surface area contributed by atoms with Crippen LogP contribution in [0.1, 0.15) is 31.5 Å². The predicted octanol–water partition coefficient (Wildman–Crippen LogP) is 2.67. The molecule has 1 saturated heterocycles. The van der Waals surface area contributed by atoms with Crippen LogP contribution in [0.15, 0.2) is 28.8 Å². The summed E-state index contributed by atoms with van der Waals surface area (Å²) < 4.78 is 23.4. The Bertz CT molecular complexity index is 796. The van der Waals surface area contributed by atoms with Crippen molar-refractivity contribution < 1.29 is 23.2 Å². The molecule has 1 spiro atoms. The van der Waals surface area contributed by atoms with Gasteiger partial charge in [0.25, 0.3) is 11.8 Å². The second kappa shape index (κ2) is 5.40. The van der Waals surface area contributed by atoms with E-state index in [1.54, 1.807) is 0 Å². The van der Waals surface area contributed by atoms with Gasteiger partial charge >= 0.3 is 6.09 Å². The van der Waals surface area contributed by atoms with Crippen molar-refractivity contribution in [3.05, 3.63) is 35.9 Å². The van der Waals surface area contributed by atoms with Crippen LogP contribution in [0.5, 0.6) is 0 Å². The van der Waals surface area contributed by atoms with Crippen LogP contribution in [-0.4, -0.2) is 32.6 Å². The topological polar surface area (TPSA) is 85.5 Å². The number of amides is 2. The minimum absolute atomic E-state index is 0.107. The Labute approximate surface area is 136 Å².